The lowest BCUT2D eigenvalue weighted by molar-refractivity contribution is -0.120. The lowest BCUT2D eigenvalue weighted by Gasteiger charge is -2.21. The van der Waals surface area contributed by atoms with E-state index in [4.69, 9.17) is 11.6 Å². The maximum absolute atomic E-state index is 12.1. The summed E-state index contributed by atoms with van der Waals surface area (Å²) < 4.78 is 0. The van der Waals surface area contributed by atoms with Crippen LogP contribution in [0.1, 0.15) is 37.7 Å². The normalized spacial score (nSPS) is 16.8. The van der Waals surface area contributed by atoms with Gasteiger partial charge in [0.15, 0.2) is 0 Å². The average molecular weight is 252 g/mol. The molecule has 0 aromatic heterocycles. The number of carbonyl (C=O) groups excluding carboxylic acids is 1. The highest BCUT2D eigenvalue weighted by Crippen LogP contribution is 2.29. The number of nitrogens with one attached hydrogen (secondary N) is 1. The van der Waals surface area contributed by atoms with Crippen LogP contribution < -0.4 is 5.32 Å². The van der Waals surface area contributed by atoms with Gasteiger partial charge in [-0.1, -0.05) is 43.0 Å². The van der Waals surface area contributed by atoms with Crippen molar-refractivity contribution < 1.29 is 4.79 Å². The molecule has 1 N–H and O–H groups in total. The zero-order valence-corrected chi connectivity index (χ0v) is 10.9. The van der Waals surface area contributed by atoms with Gasteiger partial charge < -0.3 is 5.32 Å². The van der Waals surface area contributed by atoms with Crippen molar-refractivity contribution >= 4 is 23.2 Å². The molecule has 0 spiro atoms. The molecule has 0 radical (unpaired) electrons. The van der Waals surface area contributed by atoms with E-state index in [0.717, 1.165) is 24.1 Å². The van der Waals surface area contributed by atoms with Crippen molar-refractivity contribution in [3.05, 3.63) is 28.8 Å². The number of carbonyl (C=O) groups is 1. The Morgan fingerprint density at radius 2 is 2.00 bits per heavy atom. The molecule has 1 saturated carbocycles. The first-order chi connectivity index (χ1) is 8.18. The van der Waals surface area contributed by atoms with E-state index in [9.17, 15) is 4.79 Å². The summed E-state index contributed by atoms with van der Waals surface area (Å²) in [6.45, 7) is 1.96. The third-order valence-electron chi connectivity index (χ3n) is 3.45. The summed E-state index contributed by atoms with van der Waals surface area (Å²) in [6, 6.07) is 5.67. The van der Waals surface area contributed by atoms with Gasteiger partial charge in [0.05, 0.1) is 10.7 Å². The fourth-order valence-electron chi connectivity index (χ4n) is 2.38. The molecule has 2 rings (SSSR count). The topological polar surface area (TPSA) is 29.1 Å². The molecule has 0 heterocycles. The van der Waals surface area contributed by atoms with Gasteiger partial charge in [-0.3, -0.25) is 4.79 Å². The molecule has 17 heavy (non-hydrogen) atoms. The van der Waals surface area contributed by atoms with Crippen molar-refractivity contribution in [3.63, 3.8) is 0 Å². The molecule has 0 aliphatic heterocycles. The molecule has 1 aromatic carbocycles. The van der Waals surface area contributed by atoms with Gasteiger partial charge in [-0.2, -0.15) is 0 Å². The summed E-state index contributed by atoms with van der Waals surface area (Å²) in [7, 11) is 0. The number of benzene rings is 1. The number of hydrogen-bond acceptors (Lipinski definition) is 1. The maximum atomic E-state index is 12.1. The van der Waals surface area contributed by atoms with E-state index in [2.05, 4.69) is 5.32 Å². The second-order valence-electron chi connectivity index (χ2n) is 4.76. The van der Waals surface area contributed by atoms with Crippen LogP contribution in [-0.2, 0) is 4.79 Å². The van der Waals surface area contributed by atoms with Crippen LogP contribution in [0, 0.1) is 12.8 Å². The highest BCUT2D eigenvalue weighted by molar-refractivity contribution is 6.33. The minimum atomic E-state index is 0.126. The van der Waals surface area contributed by atoms with Crippen LogP contribution >= 0.6 is 11.6 Å². The third-order valence-corrected chi connectivity index (χ3v) is 3.76. The Bertz CT molecular complexity index is 390. The van der Waals surface area contributed by atoms with Gasteiger partial charge in [0, 0.05) is 5.92 Å². The number of rotatable bonds is 2. The zero-order valence-electron chi connectivity index (χ0n) is 10.1. The van der Waals surface area contributed by atoms with E-state index in [-0.39, 0.29) is 11.8 Å². The molecule has 2 nitrogen and oxygen atoms in total. The SMILES string of the molecule is Cc1cccc(Cl)c1NC(=O)C1CCCCC1. The molecule has 0 unspecified atom stereocenters. The molecule has 1 amide bonds. The van der Waals surface area contributed by atoms with Crippen molar-refractivity contribution in [1.82, 2.24) is 0 Å². The summed E-state index contributed by atoms with van der Waals surface area (Å²) in [5, 5.41) is 3.60. The van der Waals surface area contributed by atoms with Crippen LogP contribution in [0.25, 0.3) is 0 Å². The maximum Gasteiger partial charge on any atom is 0.227 e. The van der Waals surface area contributed by atoms with Crippen molar-refractivity contribution in [1.29, 1.82) is 0 Å². The smallest absolute Gasteiger partial charge is 0.227 e. The van der Waals surface area contributed by atoms with Crippen LogP contribution in [0.3, 0.4) is 0 Å². The number of para-hydroxylation sites is 1. The van der Waals surface area contributed by atoms with Crippen molar-refractivity contribution in [2.45, 2.75) is 39.0 Å². The molecule has 0 saturated heterocycles. The standard InChI is InChI=1S/C14H18ClNO/c1-10-6-5-9-12(15)13(10)16-14(17)11-7-3-2-4-8-11/h5-6,9,11H,2-4,7-8H2,1H3,(H,16,17). The van der Waals surface area contributed by atoms with Crippen LogP contribution in [0.4, 0.5) is 5.69 Å². The molecule has 1 fully saturated rings. The minimum absolute atomic E-state index is 0.126. The van der Waals surface area contributed by atoms with Crippen LogP contribution in [0.5, 0.6) is 0 Å². The molecular formula is C14H18ClNO. The largest absolute Gasteiger partial charge is 0.324 e. The lowest BCUT2D eigenvalue weighted by atomic mass is 9.88. The molecule has 1 aliphatic rings. The summed E-state index contributed by atoms with van der Waals surface area (Å²) in [6.07, 6.45) is 5.61. The number of hydrogen-bond donors (Lipinski definition) is 1. The second-order valence-corrected chi connectivity index (χ2v) is 5.16. The summed E-state index contributed by atoms with van der Waals surface area (Å²) in [5.74, 6) is 0.292. The van der Waals surface area contributed by atoms with Crippen LogP contribution in [0.2, 0.25) is 5.02 Å². The molecule has 1 aliphatic carbocycles. The van der Waals surface area contributed by atoms with Crippen LogP contribution in [0.15, 0.2) is 18.2 Å². The van der Waals surface area contributed by atoms with Gasteiger partial charge in [0.25, 0.3) is 0 Å². The predicted octanol–water partition coefficient (Wildman–Crippen LogP) is 4.17. The number of aryl methyl sites for hydroxylation is 1. The summed E-state index contributed by atoms with van der Waals surface area (Å²) in [5.41, 5.74) is 1.78. The Morgan fingerprint density at radius 1 is 1.29 bits per heavy atom. The zero-order chi connectivity index (χ0) is 12.3. The van der Waals surface area contributed by atoms with Gasteiger partial charge >= 0.3 is 0 Å². The van der Waals surface area contributed by atoms with Crippen LogP contribution in [-0.4, -0.2) is 5.91 Å². The Hall–Kier alpha value is -1.02. The number of anilines is 1. The molecule has 0 bridgehead atoms. The first kappa shape index (κ1) is 12.4. The fraction of sp³-hybridized carbons (Fsp3) is 0.500. The molecule has 0 atom stereocenters. The number of amides is 1. The van der Waals surface area contributed by atoms with E-state index in [1.54, 1.807) is 0 Å². The molecule has 1 aromatic rings. The van der Waals surface area contributed by atoms with Crippen molar-refractivity contribution in [3.8, 4) is 0 Å². The highest BCUT2D eigenvalue weighted by Gasteiger charge is 2.21. The fourth-order valence-corrected chi connectivity index (χ4v) is 2.65. The van der Waals surface area contributed by atoms with E-state index in [1.165, 1.54) is 19.3 Å². The van der Waals surface area contributed by atoms with E-state index in [0.29, 0.717) is 5.02 Å². The monoisotopic (exact) mass is 251 g/mol. The number of halogens is 1. The van der Waals surface area contributed by atoms with Gasteiger partial charge in [0.2, 0.25) is 5.91 Å². The molecule has 92 valence electrons. The molecular weight excluding hydrogens is 234 g/mol. The first-order valence-electron chi connectivity index (χ1n) is 6.24. The van der Waals surface area contributed by atoms with E-state index >= 15 is 0 Å². The second kappa shape index (κ2) is 5.54. The Labute approximate surface area is 107 Å². The van der Waals surface area contributed by atoms with Gasteiger partial charge in [0.1, 0.15) is 0 Å². The van der Waals surface area contributed by atoms with Gasteiger partial charge in [-0.15, -0.1) is 0 Å². The Kier molecular flexibility index (Phi) is 4.06. The summed E-state index contributed by atoms with van der Waals surface area (Å²) >= 11 is 6.10. The minimum Gasteiger partial charge on any atom is -0.324 e. The first-order valence-corrected chi connectivity index (χ1v) is 6.62. The quantitative estimate of drug-likeness (QED) is 0.840. The van der Waals surface area contributed by atoms with Gasteiger partial charge in [-0.05, 0) is 31.4 Å². The Morgan fingerprint density at radius 3 is 2.65 bits per heavy atom. The molecule has 3 heteroatoms. The average Bonchev–Trinajstić information content (AvgIpc) is 2.35. The predicted molar refractivity (Wildman–Crippen MR) is 71.4 cm³/mol. The van der Waals surface area contributed by atoms with Crippen molar-refractivity contribution in [2.24, 2.45) is 5.92 Å². The third kappa shape index (κ3) is 3.01. The summed E-state index contributed by atoms with van der Waals surface area (Å²) in [4.78, 5) is 12.1. The van der Waals surface area contributed by atoms with Gasteiger partial charge in [-0.25, -0.2) is 0 Å². The highest BCUT2D eigenvalue weighted by atomic mass is 35.5. The van der Waals surface area contributed by atoms with Crippen molar-refractivity contribution in [2.75, 3.05) is 5.32 Å². The van der Waals surface area contributed by atoms with E-state index in [1.807, 2.05) is 25.1 Å². The Balaban J connectivity index is 2.07. The van der Waals surface area contributed by atoms with E-state index < -0.39 is 0 Å². The lowest BCUT2D eigenvalue weighted by Crippen LogP contribution is -2.25.